The smallest absolute Gasteiger partial charge is 0.271 e. The number of halogens is 2. The summed E-state index contributed by atoms with van der Waals surface area (Å²) in [7, 11) is 0. The summed E-state index contributed by atoms with van der Waals surface area (Å²) in [4.78, 5) is 15.2. The van der Waals surface area contributed by atoms with E-state index < -0.39 is 0 Å². The van der Waals surface area contributed by atoms with Crippen molar-refractivity contribution < 1.29 is 4.74 Å². The molecule has 0 radical (unpaired) electrons. The van der Waals surface area contributed by atoms with Crippen LogP contribution in [0.4, 0.5) is 0 Å². The van der Waals surface area contributed by atoms with E-state index in [0.29, 0.717) is 6.61 Å². The van der Waals surface area contributed by atoms with Gasteiger partial charge >= 0.3 is 0 Å². The lowest BCUT2D eigenvalue weighted by Crippen LogP contribution is -2.22. The molecule has 0 spiro atoms. The van der Waals surface area contributed by atoms with Gasteiger partial charge in [0.25, 0.3) is 5.56 Å². The SMILES string of the molecule is CCOCn1cnc(Cl)c(Br)c1=O. The lowest BCUT2D eigenvalue weighted by Gasteiger charge is -2.05. The maximum absolute atomic E-state index is 11.4. The zero-order valence-electron chi connectivity index (χ0n) is 6.96. The van der Waals surface area contributed by atoms with Crippen molar-refractivity contribution in [2.45, 2.75) is 13.7 Å². The summed E-state index contributed by atoms with van der Waals surface area (Å²) in [5.74, 6) is 0. The maximum Gasteiger partial charge on any atom is 0.271 e. The first-order chi connectivity index (χ1) is 6.16. The number of nitrogens with zero attached hydrogens (tertiary/aromatic N) is 2. The van der Waals surface area contributed by atoms with Crippen molar-refractivity contribution in [3.8, 4) is 0 Å². The molecule has 0 unspecified atom stereocenters. The lowest BCUT2D eigenvalue weighted by atomic mass is 10.6. The first kappa shape index (κ1) is 10.7. The summed E-state index contributed by atoms with van der Waals surface area (Å²) in [6.07, 6.45) is 1.35. The van der Waals surface area contributed by atoms with E-state index >= 15 is 0 Å². The summed E-state index contributed by atoms with van der Waals surface area (Å²) in [6, 6.07) is 0. The second-order valence-electron chi connectivity index (χ2n) is 2.25. The zero-order chi connectivity index (χ0) is 9.84. The number of aromatic nitrogens is 2. The molecule has 1 aromatic rings. The van der Waals surface area contributed by atoms with Gasteiger partial charge in [0.1, 0.15) is 17.5 Å². The highest BCUT2D eigenvalue weighted by atomic mass is 79.9. The standard InChI is InChI=1S/C7H8BrClN2O2/c1-2-13-4-11-3-10-6(9)5(8)7(11)12/h3H,2,4H2,1H3. The van der Waals surface area contributed by atoms with Crippen molar-refractivity contribution in [2.24, 2.45) is 0 Å². The third-order valence-corrected chi connectivity index (χ3v) is 2.60. The summed E-state index contributed by atoms with van der Waals surface area (Å²) >= 11 is 8.65. The van der Waals surface area contributed by atoms with Crippen LogP contribution in [-0.2, 0) is 11.5 Å². The van der Waals surface area contributed by atoms with E-state index in [1.54, 1.807) is 0 Å². The van der Waals surface area contributed by atoms with E-state index in [9.17, 15) is 4.79 Å². The van der Waals surface area contributed by atoms with Gasteiger partial charge in [0.2, 0.25) is 0 Å². The van der Waals surface area contributed by atoms with Gasteiger partial charge in [-0.15, -0.1) is 0 Å². The van der Waals surface area contributed by atoms with Crippen molar-refractivity contribution >= 4 is 27.5 Å². The average Bonchev–Trinajstić information content (AvgIpc) is 2.13. The third kappa shape index (κ3) is 2.52. The molecular weight excluding hydrogens is 259 g/mol. The predicted molar refractivity (Wildman–Crippen MR) is 52.8 cm³/mol. The second-order valence-corrected chi connectivity index (χ2v) is 3.40. The van der Waals surface area contributed by atoms with Gasteiger partial charge in [0, 0.05) is 6.61 Å². The quantitative estimate of drug-likeness (QED) is 0.782. The highest BCUT2D eigenvalue weighted by Crippen LogP contribution is 2.13. The van der Waals surface area contributed by atoms with E-state index in [0.717, 1.165) is 0 Å². The molecule has 1 heterocycles. The van der Waals surface area contributed by atoms with Gasteiger partial charge in [-0.3, -0.25) is 9.36 Å². The first-order valence-electron chi connectivity index (χ1n) is 3.65. The predicted octanol–water partition coefficient (Wildman–Crippen LogP) is 1.65. The third-order valence-electron chi connectivity index (χ3n) is 1.37. The van der Waals surface area contributed by atoms with E-state index in [-0.39, 0.29) is 21.9 Å². The summed E-state index contributed by atoms with van der Waals surface area (Å²) in [5, 5.41) is 0.165. The van der Waals surface area contributed by atoms with Crippen molar-refractivity contribution in [1.82, 2.24) is 9.55 Å². The van der Waals surface area contributed by atoms with Crippen LogP contribution >= 0.6 is 27.5 Å². The molecular formula is C7H8BrClN2O2. The van der Waals surface area contributed by atoms with Crippen molar-refractivity contribution in [3.05, 3.63) is 26.3 Å². The number of rotatable bonds is 3. The maximum atomic E-state index is 11.4. The highest BCUT2D eigenvalue weighted by molar-refractivity contribution is 9.10. The van der Waals surface area contributed by atoms with Crippen LogP contribution in [0.1, 0.15) is 6.92 Å². The van der Waals surface area contributed by atoms with Crippen molar-refractivity contribution in [3.63, 3.8) is 0 Å². The van der Waals surface area contributed by atoms with Gasteiger partial charge in [-0.1, -0.05) is 11.6 Å². The fraction of sp³-hybridized carbons (Fsp3) is 0.429. The average molecular weight is 268 g/mol. The minimum Gasteiger partial charge on any atom is -0.361 e. The minimum absolute atomic E-state index is 0.165. The lowest BCUT2D eigenvalue weighted by molar-refractivity contribution is 0.0844. The summed E-state index contributed by atoms with van der Waals surface area (Å²) in [6.45, 7) is 2.59. The molecule has 0 fully saturated rings. The van der Waals surface area contributed by atoms with Gasteiger partial charge in [-0.05, 0) is 22.9 Å². The molecule has 1 aromatic heterocycles. The Kier molecular flexibility index (Phi) is 3.90. The molecule has 0 bridgehead atoms. The molecule has 0 amide bonds. The van der Waals surface area contributed by atoms with Crippen LogP contribution < -0.4 is 5.56 Å². The summed E-state index contributed by atoms with van der Waals surface area (Å²) < 4.78 is 6.65. The van der Waals surface area contributed by atoms with Crippen LogP contribution in [0.2, 0.25) is 5.15 Å². The Labute approximate surface area is 88.6 Å². The Morgan fingerprint density at radius 2 is 2.46 bits per heavy atom. The number of hydrogen-bond acceptors (Lipinski definition) is 3. The van der Waals surface area contributed by atoms with Crippen molar-refractivity contribution in [2.75, 3.05) is 6.61 Å². The molecule has 0 saturated carbocycles. The molecule has 1 rings (SSSR count). The molecule has 0 atom stereocenters. The normalized spacial score (nSPS) is 10.4. The second kappa shape index (κ2) is 4.74. The number of hydrogen-bond donors (Lipinski definition) is 0. The number of ether oxygens (including phenoxy) is 1. The molecule has 0 saturated heterocycles. The fourth-order valence-electron chi connectivity index (χ4n) is 0.725. The Bertz CT molecular complexity index is 353. The topological polar surface area (TPSA) is 44.1 Å². The molecule has 72 valence electrons. The Hall–Kier alpha value is -0.390. The fourth-order valence-corrected chi connectivity index (χ4v) is 1.18. The van der Waals surface area contributed by atoms with Crippen molar-refractivity contribution in [1.29, 1.82) is 0 Å². The van der Waals surface area contributed by atoms with E-state index in [1.807, 2.05) is 6.92 Å². The minimum atomic E-state index is -0.242. The van der Waals surface area contributed by atoms with Crippen LogP contribution in [0.25, 0.3) is 0 Å². The molecule has 13 heavy (non-hydrogen) atoms. The molecule has 0 aromatic carbocycles. The van der Waals surface area contributed by atoms with Crippen LogP contribution in [-0.4, -0.2) is 16.2 Å². The molecule has 4 nitrogen and oxygen atoms in total. The van der Waals surface area contributed by atoms with E-state index in [1.165, 1.54) is 10.9 Å². The van der Waals surface area contributed by atoms with Crippen LogP contribution in [0.3, 0.4) is 0 Å². The molecule has 0 aliphatic rings. The monoisotopic (exact) mass is 266 g/mol. The van der Waals surface area contributed by atoms with E-state index in [2.05, 4.69) is 20.9 Å². The Morgan fingerprint density at radius 3 is 3.08 bits per heavy atom. The van der Waals surface area contributed by atoms with Gasteiger partial charge < -0.3 is 4.74 Å². The summed E-state index contributed by atoms with van der Waals surface area (Å²) in [5.41, 5.74) is -0.242. The van der Waals surface area contributed by atoms with E-state index in [4.69, 9.17) is 16.3 Å². The van der Waals surface area contributed by atoms with Gasteiger partial charge in [0.05, 0.1) is 0 Å². The Balaban J connectivity index is 2.97. The van der Waals surface area contributed by atoms with Crippen LogP contribution in [0, 0.1) is 0 Å². The molecule has 0 N–H and O–H groups in total. The largest absolute Gasteiger partial charge is 0.361 e. The zero-order valence-corrected chi connectivity index (χ0v) is 9.30. The molecule has 0 aliphatic heterocycles. The highest BCUT2D eigenvalue weighted by Gasteiger charge is 2.05. The molecule has 6 heteroatoms. The Morgan fingerprint density at radius 1 is 1.77 bits per heavy atom. The van der Waals surface area contributed by atoms with Crippen LogP contribution in [0.5, 0.6) is 0 Å². The van der Waals surface area contributed by atoms with Gasteiger partial charge in [-0.2, -0.15) is 0 Å². The van der Waals surface area contributed by atoms with Gasteiger partial charge in [0.15, 0.2) is 5.15 Å². The van der Waals surface area contributed by atoms with Gasteiger partial charge in [-0.25, -0.2) is 4.98 Å². The molecule has 0 aliphatic carbocycles. The first-order valence-corrected chi connectivity index (χ1v) is 4.82. The van der Waals surface area contributed by atoms with Crippen LogP contribution in [0.15, 0.2) is 15.6 Å².